The Balaban J connectivity index is 2.28. The van der Waals surface area contributed by atoms with Crippen LogP contribution in [-0.4, -0.2) is 28.4 Å². The average molecular weight is 316 g/mol. The summed E-state index contributed by atoms with van der Waals surface area (Å²) in [6.45, 7) is 0.220. The van der Waals surface area contributed by atoms with Crippen molar-refractivity contribution in [1.82, 2.24) is 4.90 Å². The van der Waals surface area contributed by atoms with Gasteiger partial charge in [-0.25, -0.2) is 4.39 Å². The molecule has 6 heteroatoms. The van der Waals surface area contributed by atoms with Crippen LogP contribution in [0, 0.1) is 5.82 Å². The van der Waals surface area contributed by atoms with Crippen molar-refractivity contribution in [1.29, 1.82) is 0 Å². The minimum absolute atomic E-state index is 0.0385. The number of phenolic OH excluding ortho intramolecular Hbond substituents is 1. The maximum atomic E-state index is 13.9. The third-order valence-electron chi connectivity index (χ3n) is 3.34. The summed E-state index contributed by atoms with van der Waals surface area (Å²) in [5.74, 6) is -2.50. The standard InChI is InChI=1S/C17H17FN2O3/c18-13-7-4-8-14(21)16(13)17(23)20(10-9-15(19)22)11-12-5-2-1-3-6-12/h1-8,21H,9-11H2,(H2,19,22). The number of nitrogens with zero attached hydrogens (tertiary/aromatic N) is 1. The molecule has 0 heterocycles. The van der Waals surface area contributed by atoms with Gasteiger partial charge in [0, 0.05) is 19.5 Å². The first kappa shape index (κ1) is 16.5. The lowest BCUT2D eigenvalue weighted by molar-refractivity contribution is -0.118. The molecule has 0 atom stereocenters. The zero-order valence-electron chi connectivity index (χ0n) is 12.4. The van der Waals surface area contributed by atoms with E-state index in [2.05, 4.69) is 0 Å². The fraction of sp³-hybridized carbons (Fsp3) is 0.176. The van der Waals surface area contributed by atoms with Crippen molar-refractivity contribution in [2.45, 2.75) is 13.0 Å². The number of halogens is 1. The molecule has 120 valence electrons. The third kappa shape index (κ3) is 4.29. The number of primary amides is 1. The van der Waals surface area contributed by atoms with E-state index in [0.29, 0.717) is 0 Å². The third-order valence-corrected chi connectivity index (χ3v) is 3.34. The molecule has 0 saturated heterocycles. The highest BCUT2D eigenvalue weighted by molar-refractivity contribution is 5.97. The number of nitrogens with two attached hydrogens (primary N) is 1. The zero-order valence-corrected chi connectivity index (χ0v) is 12.4. The molecule has 2 rings (SSSR count). The van der Waals surface area contributed by atoms with Gasteiger partial charge in [0.2, 0.25) is 5.91 Å². The molecule has 0 spiro atoms. The van der Waals surface area contributed by atoms with E-state index in [1.807, 2.05) is 30.3 Å². The van der Waals surface area contributed by atoms with Crippen LogP contribution in [0.15, 0.2) is 48.5 Å². The van der Waals surface area contributed by atoms with Crippen molar-refractivity contribution >= 4 is 11.8 Å². The Bertz CT molecular complexity index is 684. The lowest BCUT2D eigenvalue weighted by Crippen LogP contribution is -2.34. The highest BCUT2D eigenvalue weighted by Crippen LogP contribution is 2.22. The number of aromatic hydroxyl groups is 1. The van der Waals surface area contributed by atoms with E-state index in [1.54, 1.807) is 0 Å². The molecular weight excluding hydrogens is 299 g/mol. The van der Waals surface area contributed by atoms with Crippen LogP contribution in [0.25, 0.3) is 0 Å². The van der Waals surface area contributed by atoms with Gasteiger partial charge in [0.1, 0.15) is 17.1 Å². The summed E-state index contributed by atoms with van der Waals surface area (Å²) < 4.78 is 13.9. The molecule has 0 saturated carbocycles. The Hall–Kier alpha value is -2.89. The van der Waals surface area contributed by atoms with Crippen LogP contribution >= 0.6 is 0 Å². The molecule has 0 bridgehead atoms. The largest absolute Gasteiger partial charge is 0.507 e. The first-order chi connectivity index (χ1) is 11.0. The van der Waals surface area contributed by atoms with E-state index in [4.69, 9.17) is 5.73 Å². The summed E-state index contributed by atoms with van der Waals surface area (Å²) in [7, 11) is 0. The van der Waals surface area contributed by atoms with Gasteiger partial charge in [-0.2, -0.15) is 0 Å². The second-order valence-corrected chi connectivity index (χ2v) is 5.06. The SMILES string of the molecule is NC(=O)CCN(Cc1ccccc1)C(=O)c1c(O)cccc1F. The monoisotopic (exact) mass is 316 g/mol. The molecule has 5 nitrogen and oxygen atoms in total. The molecule has 3 N–H and O–H groups in total. The van der Waals surface area contributed by atoms with Gasteiger partial charge in [-0.05, 0) is 17.7 Å². The van der Waals surface area contributed by atoms with Crippen molar-refractivity contribution in [3.8, 4) is 5.75 Å². The van der Waals surface area contributed by atoms with Gasteiger partial charge in [0.15, 0.2) is 0 Å². The van der Waals surface area contributed by atoms with Gasteiger partial charge in [-0.3, -0.25) is 9.59 Å². The predicted octanol–water partition coefficient (Wildman–Crippen LogP) is 2.05. The number of benzene rings is 2. The Morgan fingerprint density at radius 3 is 2.39 bits per heavy atom. The van der Waals surface area contributed by atoms with Gasteiger partial charge in [0.05, 0.1) is 0 Å². The maximum absolute atomic E-state index is 13.9. The highest BCUT2D eigenvalue weighted by atomic mass is 19.1. The number of amides is 2. The Morgan fingerprint density at radius 2 is 1.78 bits per heavy atom. The number of hydrogen-bond acceptors (Lipinski definition) is 3. The molecule has 0 aliphatic carbocycles. The topological polar surface area (TPSA) is 83.6 Å². The number of hydrogen-bond donors (Lipinski definition) is 2. The van der Waals surface area contributed by atoms with Crippen LogP contribution in [0.2, 0.25) is 0 Å². The lowest BCUT2D eigenvalue weighted by atomic mass is 10.1. The summed E-state index contributed by atoms with van der Waals surface area (Å²) in [4.78, 5) is 24.9. The van der Waals surface area contributed by atoms with Crippen LogP contribution in [-0.2, 0) is 11.3 Å². The van der Waals surface area contributed by atoms with E-state index < -0.39 is 28.9 Å². The van der Waals surface area contributed by atoms with Crippen molar-refractivity contribution in [2.24, 2.45) is 5.73 Å². The van der Waals surface area contributed by atoms with E-state index in [1.165, 1.54) is 17.0 Å². The first-order valence-electron chi connectivity index (χ1n) is 7.08. The van der Waals surface area contributed by atoms with Gasteiger partial charge in [-0.1, -0.05) is 36.4 Å². The second kappa shape index (κ2) is 7.40. The van der Waals surface area contributed by atoms with Gasteiger partial charge in [0.25, 0.3) is 5.91 Å². The number of phenols is 1. The quantitative estimate of drug-likeness (QED) is 0.855. The van der Waals surface area contributed by atoms with Crippen molar-refractivity contribution in [2.75, 3.05) is 6.54 Å². The molecule has 0 aromatic heterocycles. The van der Waals surface area contributed by atoms with Crippen LogP contribution in [0.3, 0.4) is 0 Å². The van der Waals surface area contributed by atoms with Crippen LogP contribution in [0.5, 0.6) is 5.75 Å². The van der Waals surface area contributed by atoms with Gasteiger partial charge < -0.3 is 15.7 Å². The Kier molecular flexibility index (Phi) is 5.30. The summed E-state index contributed by atoms with van der Waals surface area (Å²) in [6.07, 6.45) is -0.0478. The summed E-state index contributed by atoms with van der Waals surface area (Å²) in [6, 6.07) is 12.7. The predicted molar refractivity (Wildman–Crippen MR) is 83.1 cm³/mol. The van der Waals surface area contributed by atoms with E-state index in [0.717, 1.165) is 11.6 Å². The van der Waals surface area contributed by atoms with E-state index in [9.17, 15) is 19.1 Å². The molecule has 2 aromatic carbocycles. The molecule has 0 unspecified atom stereocenters. The number of rotatable bonds is 6. The zero-order chi connectivity index (χ0) is 16.8. The Labute approximate surface area is 133 Å². The molecular formula is C17H17FN2O3. The van der Waals surface area contributed by atoms with E-state index in [-0.39, 0.29) is 19.5 Å². The maximum Gasteiger partial charge on any atom is 0.260 e. The Morgan fingerprint density at radius 1 is 1.09 bits per heavy atom. The normalized spacial score (nSPS) is 10.3. The minimum atomic E-state index is -0.813. The molecule has 0 radical (unpaired) electrons. The minimum Gasteiger partial charge on any atom is -0.507 e. The molecule has 2 aromatic rings. The summed E-state index contributed by atoms with van der Waals surface area (Å²) >= 11 is 0. The molecule has 2 amide bonds. The van der Waals surface area contributed by atoms with Crippen LogP contribution < -0.4 is 5.73 Å². The fourth-order valence-electron chi connectivity index (χ4n) is 2.18. The van der Waals surface area contributed by atoms with Crippen molar-refractivity contribution in [3.63, 3.8) is 0 Å². The lowest BCUT2D eigenvalue weighted by Gasteiger charge is -2.23. The second-order valence-electron chi connectivity index (χ2n) is 5.06. The molecule has 0 aliphatic rings. The first-order valence-corrected chi connectivity index (χ1v) is 7.08. The van der Waals surface area contributed by atoms with Gasteiger partial charge in [-0.15, -0.1) is 0 Å². The number of carbonyl (C=O) groups excluding carboxylic acids is 2. The van der Waals surface area contributed by atoms with Crippen LogP contribution in [0.4, 0.5) is 4.39 Å². The smallest absolute Gasteiger partial charge is 0.260 e. The highest BCUT2D eigenvalue weighted by Gasteiger charge is 2.23. The van der Waals surface area contributed by atoms with Crippen molar-refractivity contribution < 1.29 is 19.1 Å². The molecule has 0 aliphatic heterocycles. The molecule has 23 heavy (non-hydrogen) atoms. The molecule has 0 fully saturated rings. The van der Waals surface area contributed by atoms with E-state index >= 15 is 0 Å². The van der Waals surface area contributed by atoms with Gasteiger partial charge >= 0.3 is 0 Å². The summed E-state index contributed by atoms with van der Waals surface area (Å²) in [5.41, 5.74) is 5.54. The fourth-order valence-corrected chi connectivity index (χ4v) is 2.18. The number of carbonyl (C=O) groups is 2. The summed E-state index contributed by atoms with van der Waals surface area (Å²) in [5, 5.41) is 9.78. The van der Waals surface area contributed by atoms with Crippen molar-refractivity contribution in [3.05, 3.63) is 65.5 Å². The average Bonchev–Trinajstić information content (AvgIpc) is 2.52. The van der Waals surface area contributed by atoms with Crippen LogP contribution in [0.1, 0.15) is 22.3 Å².